The molecule has 1 aromatic carbocycles. The molecule has 0 radical (unpaired) electrons. The first-order valence-electron chi connectivity index (χ1n) is 10.7. The van der Waals surface area contributed by atoms with Gasteiger partial charge in [0.2, 0.25) is 0 Å². The Hall–Kier alpha value is -2.34. The highest BCUT2D eigenvalue weighted by molar-refractivity contribution is 5.87. The van der Waals surface area contributed by atoms with Crippen LogP contribution in [0.25, 0.3) is 11.0 Å². The highest BCUT2D eigenvalue weighted by Crippen LogP contribution is 2.36. The van der Waals surface area contributed by atoms with Crippen LogP contribution in [0.4, 0.5) is 0 Å². The van der Waals surface area contributed by atoms with Crippen LogP contribution in [0.3, 0.4) is 0 Å². The Bertz CT molecular complexity index is 1030. The van der Waals surface area contributed by atoms with E-state index in [9.17, 15) is 9.59 Å². The minimum atomic E-state index is -0.596. The first-order chi connectivity index (χ1) is 13.9. The fourth-order valence-electron chi connectivity index (χ4n) is 5.53. The van der Waals surface area contributed by atoms with Crippen molar-refractivity contribution in [3.63, 3.8) is 0 Å². The van der Waals surface area contributed by atoms with Gasteiger partial charge in [-0.25, -0.2) is 4.79 Å². The zero-order valence-electron chi connectivity index (χ0n) is 17.1. The van der Waals surface area contributed by atoms with Crippen LogP contribution >= 0.6 is 0 Å². The lowest BCUT2D eigenvalue weighted by atomic mass is 9.93. The van der Waals surface area contributed by atoms with Crippen molar-refractivity contribution in [1.82, 2.24) is 4.90 Å². The topological polar surface area (TPSA) is 85.8 Å². The van der Waals surface area contributed by atoms with Gasteiger partial charge in [0.1, 0.15) is 11.3 Å². The second kappa shape index (κ2) is 6.87. The summed E-state index contributed by atoms with van der Waals surface area (Å²) in [5, 5.41) is 0.988. The van der Waals surface area contributed by atoms with E-state index in [1.165, 1.54) is 0 Å². The Kier molecular flexibility index (Phi) is 4.42. The average Bonchev–Trinajstić information content (AvgIpc) is 3.26. The first kappa shape index (κ1) is 18.7. The van der Waals surface area contributed by atoms with E-state index in [0.717, 1.165) is 67.3 Å². The van der Waals surface area contributed by atoms with E-state index < -0.39 is 6.10 Å². The maximum atomic E-state index is 13.0. The van der Waals surface area contributed by atoms with E-state index in [1.54, 1.807) is 6.92 Å². The molecule has 5 rings (SSSR count). The number of likely N-dealkylation sites (tertiary alicyclic amines) is 1. The summed E-state index contributed by atoms with van der Waals surface area (Å²) in [7, 11) is 0. The van der Waals surface area contributed by atoms with E-state index >= 15 is 0 Å². The van der Waals surface area contributed by atoms with E-state index in [2.05, 4.69) is 0 Å². The van der Waals surface area contributed by atoms with E-state index in [-0.39, 0.29) is 17.6 Å². The number of carbonyl (C=O) groups is 1. The third-order valence-corrected chi connectivity index (χ3v) is 7.21. The predicted molar refractivity (Wildman–Crippen MR) is 110 cm³/mol. The Balaban J connectivity index is 1.39. The second-order valence-corrected chi connectivity index (χ2v) is 8.94. The number of piperidine rings is 1. The molecule has 154 valence electrons. The quantitative estimate of drug-likeness (QED) is 0.806. The summed E-state index contributed by atoms with van der Waals surface area (Å²) < 4.78 is 11.7. The van der Waals surface area contributed by atoms with Crippen molar-refractivity contribution in [2.45, 2.75) is 58.1 Å². The van der Waals surface area contributed by atoms with Crippen LogP contribution in [0, 0.1) is 18.8 Å². The summed E-state index contributed by atoms with van der Waals surface area (Å²) in [4.78, 5) is 27.3. The summed E-state index contributed by atoms with van der Waals surface area (Å²) in [5.41, 5.74) is 9.29. The molecule has 6 nitrogen and oxygen atoms in total. The maximum Gasteiger partial charge on any atom is 0.339 e. The van der Waals surface area contributed by atoms with Crippen molar-refractivity contribution in [3.05, 3.63) is 39.2 Å². The molecule has 1 aromatic heterocycles. The number of hydrogen-bond acceptors (Lipinski definition) is 5. The van der Waals surface area contributed by atoms with Crippen molar-refractivity contribution in [1.29, 1.82) is 0 Å². The summed E-state index contributed by atoms with van der Waals surface area (Å²) in [6.45, 7) is 5.13. The standard InChI is InChI=1S/C23H28N2O4/c1-12-19(9-8-17-16-4-3-5-18(16)23(27)29-21(12)17)28-13(2)22(26)25-10-14-6-7-15(11-25)20(14)24/h8-9,13-15,20H,3-7,10-11,24H2,1-2H3/t13?,14-,15+,20?. The molecule has 4 atom stereocenters. The Morgan fingerprint density at radius 2 is 1.90 bits per heavy atom. The second-order valence-electron chi connectivity index (χ2n) is 8.94. The van der Waals surface area contributed by atoms with E-state index in [4.69, 9.17) is 14.9 Å². The van der Waals surface area contributed by atoms with E-state index in [1.807, 2.05) is 24.0 Å². The molecule has 1 aliphatic heterocycles. The molecule has 3 aliphatic rings. The van der Waals surface area contributed by atoms with Crippen LogP contribution in [-0.4, -0.2) is 36.0 Å². The SMILES string of the molecule is Cc1c(OC(C)C(=O)N2C[C@H]3CC[C@@H](C2)C3N)ccc2c3c(c(=O)oc12)CCC3. The minimum absolute atomic E-state index is 0.00343. The molecule has 1 saturated heterocycles. The molecule has 6 heteroatoms. The van der Waals surface area contributed by atoms with Gasteiger partial charge in [-0.1, -0.05) is 0 Å². The van der Waals surface area contributed by atoms with E-state index in [0.29, 0.717) is 23.2 Å². The number of carbonyl (C=O) groups excluding carboxylic acids is 1. The van der Waals surface area contributed by atoms with Crippen LogP contribution in [-0.2, 0) is 17.6 Å². The van der Waals surface area contributed by atoms with Crippen molar-refractivity contribution in [3.8, 4) is 5.75 Å². The molecular weight excluding hydrogens is 368 g/mol. The summed E-state index contributed by atoms with van der Waals surface area (Å²) in [6.07, 6.45) is 4.31. The number of rotatable bonds is 3. The van der Waals surface area contributed by atoms with Gasteiger partial charge in [-0.3, -0.25) is 4.79 Å². The van der Waals surface area contributed by atoms with Crippen LogP contribution in [0.2, 0.25) is 0 Å². The number of nitrogens with zero attached hydrogens (tertiary/aromatic N) is 1. The van der Waals surface area contributed by atoms with Gasteiger partial charge in [0.05, 0.1) is 0 Å². The van der Waals surface area contributed by atoms with Gasteiger partial charge in [-0.05, 0) is 75.5 Å². The molecule has 2 aromatic rings. The molecule has 1 saturated carbocycles. The number of ether oxygens (including phenoxy) is 1. The highest BCUT2D eigenvalue weighted by atomic mass is 16.5. The van der Waals surface area contributed by atoms with Crippen molar-refractivity contribution in [2.75, 3.05) is 13.1 Å². The smallest absolute Gasteiger partial charge is 0.339 e. The van der Waals surface area contributed by atoms with Gasteiger partial charge < -0.3 is 19.8 Å². The average molecular weight is 396 g/mol. The number of fused-ring (bicyclic) bond motifs is 5. The lowest BCUT2D eigenvalue weighted by molar-refractivity contribution is -0.140. The van der Waals surface area contributed by atoms with Crippen LogP contribution in [0.15, 0.2) is 21.3 Å². The van der Waals surface area contributed by atoms with Gasteiger partial charge in [0.15, 0.2) is 6.10 Å². The highest BCUT2D eigenvalue weighted by Gasteiger charge is 2.42. The van der Waals surface area contributed by atoms with Gasteiger partial charge in [0, 0.05) is 35.6 Å². The maximum absolute atomic E-state index is 13.0. The number of benzene rings is 1. The fraction of sp³-hybridized carbons (Fsp3) is 0.565. The predicted octanol–water partition coefficient (Wildman–Crippen LogP) is 2.55. The van der Waals surface area contributed by atoms with Crippen LogP contribution in [0.5, 0.6) is 5.75 Å². The Morgan fingerprint density at radius 3 is 2.62 bits per heavy atom. The largest absolute Gasteiger partial charge is 0.480 e. The molecule has 2 N–H and O–H groups in total. The normalized spacial score (nSPS) is 26.6. The number of amides is 1. The molecule has 2 bridgehead atoms. The van der Waals surface area contributed by atoms with Crippen LogP contribution < -0.4 is 16.1 Å². The van der Waals surface area contributed by atoms with Gasteiger partial charge in [0.25, 0.3) is 5.91 Å². The lowest BCUT2D eigenvalue weighted by Gasteiger charge is -2.37. The van der Waals surface area contributed by atoms with Crippen molar-refractivity contribution >= 4 is 16.9 Å². The summed E-state index contributed by atoms with van der Waals surface area (Å²) >= 11 is 0. The summed E-state index contributed by atoms with van der Waals surface area (Å²) in [5.74, 6) is 1.41. The van der Waals surface area contributed by atoms with Gasteiger partial charge in [-0.2, -0.15) is 0 Å². The molecular formula is C23H28N2O4. The number of aryl methyl sites for hydroxylation is 2. The molecule has 1 amide bonds. The first-order valence-corrected chi connectivity index (χ1v) is 10.7. The molecule has 2 heterocycles. The van der Waals surface area contributed by atoms with Gasteiger partial charge in [-0.15, -0.1) is 0 Å². The number of hydrogen-bond donors (Lipinski definition) is 1. The van der Waals surface area contributed by atoms with Gasteiger partial charge >= 0.3 is 5.63 Å². The van der Waals surface area contributed by atoms with Crippen molar-refractivity contribution < 1.29 is 13.9 Å². The molecule has 2 unspecified atom stereocenters. The van der Waals surface area contributed by atoms with Crippen molar-refractivity contribution in [2.24, 2.45) is 17.6 Å². The molecule has 29 heavy (non-hydrogen) atoms. The number of nitrogens with two attached hydrogens (primary N) is 1. The molecule has 2 aliphatic carbocycles. The zero-order chi connectivity index (χ0) is 20.3. The van der Waals surface area contributed by atoms with Crippen LogP contribution in [0.1, 0.15) is 42.9 Å². The third-order valence-electron chi connectivity index (χ3n) is 7.21. The zero-order valence-corrected chi connectivity index (χ0v) is 17.1. The Labute approximate surface area is 170 Å². The molecule has 0 spiro atoms. The Morgan fingerprint density at radius 1 is 1.21 bits per heavy atom. The lowest BCUT2D eigenvalue weighted by Crippen LogP contribution is -2.53. The fourth-order valence-corrected chi connectivity index (χ4v) is 5.53. The summed E-state index contributed by atoms with van der Waals surface area (Å²) in [6, 6.07) is 4.08. The monoisotopic (exact) mass is 396 g/mol. The molecule has 2 fully saturated rings. The minimum Gasteiger partial charge on any atom is -0.480 e. The third kappa shape index (κ3) is 2.96.